The van der Waals surface area contributed by atoms with Gasteiger partial charge < -0.3 is 14.9 Å². The van der Waals surface area contributed by atoms with Crippen LogP contribution in [0.3, 0.4) is 0 Å². The summed E-state index contributed by atoms with van der Waals surface area (Å²) in [4.78, 5) is 36.8. The van der Waals surface area contributed by atoms with Gasteiger partial charge in [-0.1, -0.05) is 66.4 Å². The van der Waals surface area contributed by atoms with Crippen LogP contribution < -0.4 is 4.74 Å². The number of aliphatic carboxylic acids is 2. The topological polar surface area (TPSA) is 104 Å². The molecule has 1 saturated heterocycles. The number of carboxylic acid groups (broad SMARTS) is 2. The summed E-state index contributed by atoms with van der Waals surface area (Å²) in [6, 6.07) is 14.8. The van der Waals surface area contributed by atoms with Crippen molar-refractivity contribution in [3.8, 4) is 5.75 Å². The predicted octanol–water partition coefficient (Wildman–Crippen LogP) is 3.44. The van der Waals surface area contributed by atoms with E-state index in [-0.39, 0.29) is 23.8 Å². The minimum Gasteiger partial charge on any atom is -0.493 e. The van der Waals surface area contributed by atoms with Crippen molar-refractivity contribution in [1.82, 2.24) is 4.90 Å². The van der Waals surface area contributed by atoms with Crippen LogP contribution >= 0.6 is 24.0 Å². The normalized spacial score (nSPS) is 15.9. The van der Waals surface area contributed by atoms with Crippen LogP contribution in [0.5, 0.6) is 5.75 Å². The van der Waals surface area contributed by atoms with Gasteiger partial charge in [0.2, 0.25) is 0 Å². The zero-order valence-electron chi connectivity index (χ0n) is 16.3. The molecule has 0 saturated carbocycles. The highest BCUT2D eigenvalue weighted by molar-refractivity contribution is 8.26. The minimum atomic E-state index is -1.12. The van der Waals surface area contributed by atoms with E-state index in [1.54, 1.807) is 30.3 Å². The molecule has 160 valence electrons. The number of rotatable bonds is 9. The van der Waals surface area contributed by atoms with Crippen molar-refractivity contribution in [1.29, 1.82) is 0 Å². The van der Waals surface area contributed by atoms with Crippen LogP contribution in [0, 0.1) is 0 Å². The number of thiocarbonyl (C=S) groups is 1. The fourth-order valence-electron chi connectivity index (χ4n) is 2.94. The summed E-state index contributed by atoms with van der Waals surface area (Å²) in [6.07, 6.45) is 1.69. The van der Waals surface area contributed by atoms with Crippen LogP contribution in [0.15, 0.2) is 59.5 Å². The quantitative estimate of drug-likeness (QED) is 0.436. The standard InChI is InChI=1S/C22H19NO6S2/c24-19(25)10-11-29-16-8-6-15(7-9-16)13-18-20(26)23(22(30)31-18)17(21(27)28)12-14-4-2-1-3-5-14/h1-9,13,17H,10-12H2,(H,24,25)(H,27,28)/b18-13-. The Hall–Kier alpha value is -3.17. The second-order valence-electron chi connectivity index (χ2n) is 6.66. The number of nitrogens with zero attached hydrogens (tertiary/aromatic N) is 1. The summed E-state index contributed by atoms with van der Waals surface area (Å²) < 4.78 is 5.55. The smallest absolute Gasteiger partial charge is 0.327 e. The summed E-state index contributed by atoms with van der Waals surface area (Å²) >= 11 is 6.37. The molecule has 0 aromatic heterocycles. The fraction of sp³-hybridized carbons (Fsp3) is 0.182. The van der Waals surface area contributed by atoms with Gasteiger partial charge in [0.1, 0.15) is 16.1 Å². The predicted molar refractivity (Wildman–Crippen MR) is 121 cm³/mol. The molecule has 1 fully saturated rings. The Morgan fingerprint density at radius 3 is 2.39 bits per heavy atom. The van der Waals surface area contributed by atoms with E-state index in [1.165, 1.54) is 0 Å². The van der Waals surface area contributed by atoms with Gasteiger partial charge in [-0.2, -0.15) is 0 Å². The van der Waals surface area contributed by atoms with E-state index in [0.717, 1.165) is 22.2 Å². The van der Waals surface area contributed by atoms with Crippen LogP contribution in [0.4, 0.5) is 0 Å². The summed E-state index contributed by atoms with van der Waals surface area (Å²) in [5, 5.41) is 18.4. The molecular weight excluding hydrogens is 438 g/mol. The molecule has 31 heavy (non-hydrogen) atoms. The summed E-state index contributed by atoms with van der Waals surface area (Å²) in [6.45, 7) is 0.0608. The number of benzene rings is 2. The Kier molecular flexibility index (Phi) is 7.43. The third-order valence-electron chi connectivity index (χ3n) is 4.45. The maximum Gasteiger partial charge on any atom is 0.327 e. The van der Waals surface area contributed by atoms with Crippen molar-refractivity contribution >= 4 is 52.2 Å². The highest BCUT2D eigenvalue weighted by atomic mass is 32.2. The Labute approximate surface area is 188 Å². The third kappa shape index (κ3) is 5.93. The van der Waals surface area contributed by atoms with Crippen molar-refractivity contribution in [3.63, 3.8) is 0 Å². The van der Waals surface area contributed by atoms with E-state index in [2.05, 4.69) is 0 Å². The Morgan fingerprint density at radius 2 is 1.77 bits per heavy atom. The molecule has 1 atom stereocenters. The first-order valence-corrected chi connectivity index (χ1v) is 10.6. The molecule has 0 aliphatic carbocycles. The van der Waals surface area contributed by atoms with E-state index < -0.39 is 23.9 Å². The molecule has 7 nitrogen and oxygen atoms in total. The zero-order chi connectivity index (χ0) is 22.4. The molecule has 0 spiro atoms. The lowest BCUT2D eigenvalue weighted by Crippen LogP contribution is -2.45. The number of ether oxygens (including phenoxy) is 1. The van der Waals surface area contributed by atoms with E-state index in [0.29, 0.717) is 16.2 Å². The molecular formula is C22H19NO6S2. The monoisotopic (exact) mass is 457 g/mol. The molecule has 2 N–H and O–H groups in total. The zero-order valence-corrected chi connectivity index (χ0v) is 17.9. The van der Waals surface area contributed by atoms with Crippen LogP contribution in [0.25, 0.3) is 6.08 Å². The molecule has 3 rings (SSSR count). The maximum absolute atomic E-state index is 12.9. The third-order valence-corrected chi connectivity index (χ3v) is 5.79. The first-order valence-electron chi connectivity index (χ1n) is 9.33. The van der Waals surface area contributed by atoms with Gasteiger partial charge in [0.25, 0.3) is 5.91 Å². The second-order valence-corrected chi connectivity index (χ2v) is 8.33. The van der Waals surface area contributed by atoms with Crippen LogP contribution in [-0.4, -0.2) is 49.9 Å². The van der Waals surface area contributed by atoms with Crippen molar-refractivity contribution in [2.45, 2.75) is 18.9 Å². The largest absolute Gasteiger partial charge is 0.493 e. The number of thioether (sulfide) groups is 1. The molecule has 0 radical (unpaired) electrons. The van der Waals surface area contributed by atoms with Crippen LogP contribution in [0.2, 0.25) is 0 Å². The molecule has 0 bridgehead atoms. The number of carbonyl (C=O) groups excluding carboxylic acids is 1. The van der Waals surface area contributed by atoms with Crippen molar-refractivity contribution in [2.75, 3.05) is 6.61 Å². The van der Waals surface area contributed by atoms with Gasteiger partial charge in [-0.05, 0) is 29.3 Å². The molecule has 1 aliphatic heterocycles. The first-order chi connectivity index (χ1) is 14.8. The molecule has 1 amide bonds. The van der Waals surface area contributed by atoms with Crippen LogP contribution in [-0.2, 0) is 20.8 Å². The second kappa shape index (κ2) is 10.2. The number of hydrogen-bond acceptors (Lipinski definition) is 6. The molecule has 2 aromatic carbocycles. The van der Waals surface area contributed by atoms with Gasteiger partial charge in [0, 0.05) is 6.42 Å². The first kappa shape index (κ1) is 22.5. The molecule has 1 heterocycles. The van der Waals surface area contributed by atoms with E-state index >= 15 is 0 Å². The average molecular weight is 458 g/mol. The van der Waals surface area contributed by atoms with E-state index in [4.69, 9.17) is 22.1 Å². The van der Waals surface area contributed by atoms with Crippen molar-refractivity contribution in [2.24, 2.45) is 0 Å². The molecule has 2 aromatic rings. The number of hydrogen-bond donors (Lipinski definition) is 2. The maximum atomic E-state index is 12.9. The van der Waals surface area contributed by atoms with E-state index in [1.807, 2.05) is 30.3 Å². The highest BCUT2D eigenvalue weighted by Gasteiger charge is 2.40. The number of amides is 1. The lowest BCUT2D eigenvalue weighted by molar-refractivity contribution is -0.145. The Morgan fingerprint density at radius 1 is 1.10 bits per heavy atom. The van der Waals surface area contributed by atoms with Crippen LogP contribution in [0.1, 0.15) is 17.5 Å². The molecule has 1 aliphatic rings. The molecule has 9 heteroatoms. The number of carboxylic acids is 2. The summed E-state index contributed by atoms with van der Waals surface area (Å²) in [5.41, 5.74) is 1.51. The van der Waals surface area contributed by atoms with Crippen molar-refractivity contribution < 1.29 is 29.3 Å². The summed E-state index contributed by atoms with van der Waals surface area (Å²) in [7, 11) is 0. The minimum absolute atomic E-state index is 0.0608. The Bertz CT molecular complexity index is 1020. The Balaban J connectivity index is 1.73. The van der Waals surface area contributed by atoms with Gasteiger partial charge in [-0.25, -0.2) is 4.79 Å². The lowest BCUT2D eigenvalue weighted by Gasteiger charge is -2.23. The van der Waals surface area contributed by atoms with Gasteiger partial charge in [0.15, 0.2) is 0 Å². The van der Waals surface area contributed by atoms with Gasteiger partial charge >= 0.3 is 11.9 Å². The van der Waals surface area contributed by atoms with Crippen molar-refractivity contribution in [3.05, 3.63) is 70.6 Å². The van der Waals surface area contributed by atoms with E-state index in [9.17, 15) is 19.5 Å². The fourth-order valence-corrected chi connectivity index (χ4v) is 4.30. The van der Waals surface area contributed by atoms with Gasteiger partial charge in [0.05, 0.1) is 17.9 Å². The van der Waals surface area contributed by atoms with Gasteiger partial charge in [-0.15, -0.1) is 0 Å². The highest BCUT2D eigenvalue weighted by Crippen LogP contribution is 2.35. The molecule has 1 unspecified atom stereocenters. The average Bonchev–Trinajstić information content (AvgIpc) is 3.01. The lowest BCUT2D eigenvalue weighted by atomic mass is 10.0. The van der Waals surface area contributed by atoms with Gasteiger partial charge in [-0.3, -0.25) is 14.5 Å². The SMILES string of the molecule is O=C(O)CCOc1ccc(/C=C2\SC(=S)N(C(Cc3ccccc3)C(=O)O)C2=O)cc1. The number of carbonyl (C=O) groups is 3. The summed E-state index contributed by atoms with van der Waals surface area (Å²) in [5.74, 6) is -1.99.